The summed E-state index contributed by atoms with van der Waals surface area (Å²) in [5.74, 6) is -0.0200. The first-order valence-corrected chi connectivity index (χ1v) is 7.63. The minimum atomic E-state index is -0.641. The lowest BCUT2D eigenvalue weighted by Gasteiger charge is -2.30. The van der Waals surface area contributed by atoms with E-state index in [2.05, 4.69) is 5.32 Å². The number of carbonyl (C=O) groups is 1. The van der Waals surface area contributed by atoms with Gasteiger partial charge in [0, 0.05) is 13.2 Å². The van der Waals surface area contributed by atoms with Gasteiger partial charge in [0.1, 0.15) is 0 Å². The molecule has 0 aromatic heterocycles. The van der Waals surface area contributed by atoms with Crippen LogP contribution in [-0.2, 0) is 9.53 Å². The third kappa shape index (κ3) is 4.42. The van der Waals surface area contributed by atoms with Crippen LogP contribution in [0.4, 0.5) is 0 Å². The van der Waals surface area contributed by atoms with Gasteiger partial charge in [-0.1, -0.05) is 37.9 Å². The summed E-state index contributed by atoms with van der Waals surface area (Å²) in [5, 5.41) is 2.96. The normalized spacial score (nSPS) is 20.3. The second-order valence-electron chi connectivity index (χ2n) is 5.34. The highest BCUT2D eigenvalue weighted by atomic mass is 32.1. The molecule has 0 aromatic carbocycles. The van der Waals surface area contributed by atoms with E-state index in [9.17, 15) is 4.79 Å². The van der Waals surface area contributed by atoms with Crippen molar-refractivity contribution in [3.63, 3.8) is 0 Å². The Bertz CT molecular complexity index is 313. The van der Waals surface area contributed by atoms with Crippen molar-refractivity contribution < 1.29 is 9.53 Å². The summed E-state index contributed by atoms with van der Waals surface area (Å²) in [7, 11) is 0. The van der Waals surface area contributed by atoms with Gasteiger partial charge in [0.2, 0.25) is 5.91 Å². The molecule has 1 amide bonds. The first-order valence-electron chi connectivity index (χ1n) is 7.22. The Morgan fingerprint density at radius 3 is 2.42 bits per heavy atom. The number of hydrogen-bond donors (Lipinski definition) is 2. The van der Waals surface area contributed by atoms with Crippen LogP contribution < -0.4 is 11.1 Å². The molecule has 1 rings (SSSR count). The highest BCUT2D eigenvalue weighted by Crippen LogP contribution is 2.35. The van der Waals surface area contributed by atoms with Crippen LogP contribution in [-0.4, -0.2) is 30.2 Å². The van der Waals surface area contributed by atoms with Crippen molar-refractivity contribution in [3.8, 4) is 0 Å². The maximum Gasteiger partial charge on any atom is 0.233 e. The second-order valence-corrected chi connectivity index (χ2v) is 5.78. The molecule has 19 heavy (non-hydrogen) atoms. The minimum Gasteiger partial charge on any atom is -0.392 e. The maximum atomic E-state index is 12.5. The Kier molecular flexibility index (Phi) is 6.72. The average Bonchev–Trinajstić information content (AvgIpc) is 2.62. The van der Waals surface area contributed by atoms with Crippen LogP contribution >= 0.6 is 12.2 Å². The molecule has 0 aliphatic heterocycles. The Hall–Kier alpha value is -0.680. The summed E-state index contributed by atoms with van der Waals surface area (Å²) >= 11 is 5.18. The number of thiocarbonyl (C=S) groups is 1. The van der Waals surface area contributed by atoms with Gasteiger partial charge in [-0.25, -0.2) is 0 Å². The fourth-order valence-electron chi connectivity index (χ4n) is 2.67. The number of amides is 1. The van der Waals surface area contributed by atoms with Crippen LogP contribution in [0.3, 0.4) is 0 Å². The molecule has 0 spiro atoms. The highest BCUT2D eigenvalue weighted by Gasteiger charge is 2.41. The van der Waals surface area contributed by atoms with Crippen molar-refractivity contribution >= 4 is 23.1 Å². The largest absolute Gasteiger partial charge is 0.392 e. The van der Waals surface area contributed by atoms with E-state index in [1.54, 1.807) is 0 Å². The monoisotopic (exact) mass is 286 g/mol. The third-order valence-corrected chi connectivity index (χ3v) is 4.26. The molecule has 1 fully saturated rings. The zero-order valence-electron chi connectivity index (χ0n) is 12.0. The van der Waals surface area contributed by atoms with Gasteiger partial charge in [-0.05, 0) is 26.7 Å². The molecule has 0 heterocycles. The lowest BCUT2D eigenvalue weighted by molar-refractivity contribution is -0.128. The number of ether oxygens (including phenoxy) is 1. The van der Waals surface area contributed by atoms with Crippen LogP contribution in [0.5, 0.6) is 0 Å². The van der Waals surface area contributed by atoms with Gasteiger partial charge in [0.15, 0.2) is 0 Å². The molecule has 0 saturated heterocycles. The van der Waals surface area contributed by atoms with Crippen molar-refractivity contribution in [1.29, 1.82) is 0 Å². The van der Waals surface area contributed by atoms with Crippen molar-refractivity contribution in [3.05, 3.63) is 0 Å². The number of hydrogen-bond acceptors (Lipinski definition) is 3. The van der Waals surface area contributed by atoms with Gasteiger partial charge >= 0.3 is 0 Å². The van der Waals surface area contributed by atoms with E-state index < -0.39 is 5.41 Å². The molecule has 4 nitrogen and oxygen atoms in total. The molecule has 0 bridgehead atoms. The summed E-state index contributed by atoms with van der Waals surface area (Å²) in [6.07, 6.45) is 5.93. The second kappa shape index (κ2) is 7.80. The van der Waals surface area contributed by atoms with Crippen molar-refractivity contribution in [1.82, 2.24) is 5.32 Å². The first kappa shape index (κ1) is 16.4. The smallest absolute Gasteiger partial charge is 0.233 e. The number of carbonyl (C=O) groups excluding carboxylic acids is 1. The summed E-state index contributed by atoms with van der Waals surface area (Å²) < 4.78 is 5.42. The van der Waals surface area contributed by atoms with Gasteiger partial charge in [0.25, 0.3) is 0 Å². The van der Waals surface area contributed by atoms with Crippen LogP contribution in [0.15, 0.2) is 0 Å². The van der Waals surface area contributed by atoms with Crippen LogP contribution in [0.1, 0.15) is 52.4 Å². The van der Waals surface area contributed by atoms with Crippen molar-refractivity contribution in [2.45, 2.75) is 58.5 Å². The zero-order chi connectivity index (χ0) is 14.3. The molecule has 3 N–H and O–H groups in total. The van der Waals surface area contributed by atoms with E-state index in [4.69, 9.17) is 22.7 Å². The molecule has 1 unspecified atom stereocenters. The summed E-state index contributed by atoms with van der Waals surface area (Å²) in [4.78, 5) is 12.8. The van der Waals surface area contributed by atoms with Crippen LogP contribution in [0.25, 0.3) is 0 Å². The van der Waals surface area contributed by atoms with E-state index in [0.29, 0.717) is 18.1 Å². The third-order valence-electron chi connectivity index (χ3n) is 3.86. The molecule has 1 aliphatic rings. The van der Waals surface area contributed by atoms with E-state index >= 15 is 0 Å². The fraction of sp³-hybridized carbons (Fsp3) is 0.857. The fourth-order valence-corrected chi connectivity index (χ4v) is 2.96. The molecular weight excluding hydrogens is 260 g/mol. The molecule has 1 atom stereocenters. The van der Waals surface area contributed by atoms with Gasteiger partial charge in [-0.3, -0.25) is 4.79 Å². The van der Waals surface area contributed by atoms with Crippen LogP contribution in [0.2, 0.25) is 0 Å². The van der Waals surface area contributed by atoms with Crippen molar-refractivity contribution in [2.24, 2.45) is 11.1 Å². The SMILES string of the molecule is CCOC(C)CNC(=O)C1(C(N)=S)CCCCCC1. The number of nitrogens with one attached hydrogen (secondary N) is 1. The molecule has 0 aromatic rings. The first-order chi connectivity index (χ1) is 9.03. The molecule has 1 saturated carbocycles. The number of rotatable bonds is 6. The summed E-state index contributed by atoms with van der Waals surface area (Å²) in [5.41, 5.74) is 5.24. The van der Waals surface area contributed by atoms with Gasteiger partial charge in [0.05, 0.1) is 16.5 Å². The van der Waals surface area contributed by atoms with E-state index in [1.165, 1.54) is 0 Å². The standard InChI is InChI=1S/C14H26N2O2S/c1-3-18-11(2)10-16-13(17)14(12(15)19)8-6-4-5-7-9-14/h11H,3-10H2,1-2H3,(H2,15,19)(H,16,17). The molecule has 0 radical (unpaired) electrons. The Balaban J connectivity index is 2.64. The summed E-state index contributed by atoms with van der Waals surface area (Å²) in [6.45, 7) is 5.05. The Morgan fingerprint density at radius 2 is 1.95 bits per heavy atom. The van der Waals surface area contributed by atoms with Crippen LogP contribution in [0, 0.1) is 5.41 Å². The molecular formula is C14H26N2O2S. The lowest BCUT2D eigenvalue weighted by atomic mass is 9.79. The molecule has 5 heteroatoms. The van der Waals surface area contributed by atoms with Gasteiger partial charge in [-0.15, -0.1) is 0 Å². The summed E-state index contributed by atoms with van der Waals surface area (Å²) in [6, 6.07) is 0. The topological polar surface area (TPSA) is 64.3 Å². The number of nitrogens with two attached hydrogens (primary N) is 1. The predicted molar refractivity (Wildman–Crippen MR) is 81.0 cm³/mol. The van der Waals surface area contributed by atoms with Gasteiger partial charge in [-0.2, -0.15) is 0 Å². The Labute approximate surface area is 121 Å². The Morgan fingerprint density at radius 1 is 1.37 bits per heavy atom. The van der Waals surface area contributed by atoms with E-state index in [1.807, 2.05) is 13.8 Å². The lowest BCUT2D eigenvalue weighted by Crippen LogP contribution is -2.50. The minimum absolute atomic E-state index is 0.0168. The van der Waals surface area contributed by atoms with E-state index in [-0.39, 0.29) is 12.0 Å². The molecule has 110 valence electrons. The average molecular weight is 286 g/mol. The maximum absolute atomic E-state index is 12.5. The highest BCUT2D eigenvalue weighted by molar-refractivity contribution is 7.80. The van der Waals surface area contributed by atoms with Crippen molar-refractivity contribution in [2.75, 3.05) is 13.2 Å². The quantitative estimate of drug-likeness (QED) is 0.580. The van der Waals surface area contributed by atoms with E-state index in [0.717, 1.165) is 38.5 Å². The predicted octanol–water partition coefficient (Wildman–Crippen LogP) is 2.15. The van der Waals surface area contributed by atoms with Gasteiger partial charge < -0.3 is 15.8 Å². The molecule has 1 aliphatic carbocycles. The zero-order valence-corrected chi connectivity index (χ0v) is 12.9.